The molecule has 10 nitrogen and oxygen atoms in total. The van der Waals surface area contributed by atoms with Gasteiger partial charge in [0, 0.05) is 36.5 Å². The fraction of sp³-hybridized carbons (Fsp3) is 0.250. The van der Waals surface area contributed by atoms with Crippen LogP contribution >= 0.6 is 0 Å². The zero-order chi connectivity index (χ0) is 23.9. The SMILES string of the molecule is CCOc1nccc(-c2cc3cnc(NC(=O)c4ccc(OCCOC)c(OC)c4)cc3[nH]2)n1. The van der Waals surface area contributed by atoms with Gasteiger partial charge in [0.25, 0.3) is 5.91 Å². The molecular weight excluding hydrogens is 438 g/mol. The Kier molecular flexibility index (Phi) is 7.19. The second-order valence-corrected chi connectivity index (χ2v) is 7.16. The number of H-pyrrole nitrogens is 1. The first kappa shape index (κ1) is 23.0. The molecule has 0 spiro atoms. The van der Waals surface area contributed by atoms with Gasteiger partial charge in [0.2, 0.25) is 0 Å². The Morgan fingerprint density at radius 1 is 1.03 bits per heavy atom. The normalized spacial score (nSPS) is 10.8. The van der Waals surface area contributed by atoms with Crippen LogP contribution in [0.5, 0.6) is 17.5 Å². The summed E-state index contributed by atoms with van der Waals surface area (Å²) < 4.78 is 21.3. The van der Waals surface area contributed by atoms with E-state index in [0.29, 0.717) is 54.4 Å². The van der Waals surface area contributed by atoms with Crippen molar-refractivity contribution >= 4 is 22.6 Å². The van der Waals surface area contributed by atoms with Gasteiger partial charge in [-0.3, -0.25) is 4.79 Å². The van der Waals surface area contributed by atoms with Gasteiger partial charge in [0.05, 0.1) is 37.2 Å². The highest BCUT2D eigenvalue weighted by Crippen LogP contribution is 2.29. The highest BCUT2D eigenvalue weighted by atomic mass is 16.5. The van der Waals surface area contributed by atoms with Gasteiger partial charge in [-0.2, -0.15) is 4.98 Å². The Morgan fingerprint density at radius 3 is 2.71 bits per heavy atom. The second kappa shape index (κ2) is 10.6. The Labute approximate surface area is 196 Å². The van der Waals surface area contributed by atoms with Crippen LogP contribution in [0.2, 0.25) is 0 Å². The molecule has 2 N–H and O–H groups in total. The van der Waals surface area contributed by atoms with Gasteiger partial charge in [-0.05, 0) is 37.3 Å². The lowest BCUT2D eigenvalue weighted by molar-refractivity contribution is 0.102. The van der Waals surface area contributed by atoms with E-state index >= 15 is 0 Å². The Hall–Kier alpha value is -4.18. The molecule has 0 aliphatic rings. The molecule has 0 saturated carbocycles. The van der Waals surface area contributed by atoms with E-state index in [0.717, 1.165) is 16.6 Å². The van der Waals surface area contributed by atoms with E-state index in [4.69, 9.17) is 18.9 Å². The smallest absolute Gasteiger partial charge is 0.316 e. The molecule has 3 aromatic heterocycles. The summed E-state index contributed by atoms with van der Waals surface area (Å²) in [7, 11) is 3.12. The first-order valence-electron chi connectivity index (χ1n) is 10.7. The third-order valence-electron chi connectivity index (χ3n) is 4.90. The summed E-state index contributed by atoms with van der Waals surface area (Å²) in [6.45, 7) is 3.19. The highest BCUT2D eigenvalue weighted by molar-refractivity contribution is 6.04. The highest BCUT2D eigenvalue weighted by Gasteiger charge is 2.13. The Morgan fingerprint density at radius 2 is 1.91 bits per heavy atom. The van der Waals surface area contributed by atoms with Crippen molar-refractivity contribution in [2.75, 3.05) is 39.4 Å². The van der Waals surface area contributed by atoms with E-state index in [9.17, 15) is 4.79 Å². The summed E-state index contributed by atoms with van der Waals surface area (Å²) >= 11 is 0. The number of fused-ring (bicyclic) bond motifs is 1. The molecular formula is C24H25N5O5. The number of ether oxygens (including phenoxy) is 4. The van der Waals surface area contributed by atoms with E-state index in [1.165, 1.54) is 7.11 Å². The number of carbonyl (C=O) groups is 1. The molecule has 0 fully saturated rings. The number of benzene rings is 1. The molecule has 0 aliphatic carbocycles. The monoisotopic (exact) mass is 463 g/mol. The number of methoxy groups -OCH3 is 2. The van der Waals surface area contributed by atoms with Crippen LogP contribution in [0.3, 0.4) is 0 Å². The number of hydrogen-bond acceptors (Lipinski definition) is 8. The summed E-state index contributed by atoms with van der Waals surface area (Å²) in [6, 6.07) is 10.8. The second-order valence-electron chi connectivity index (χ2n) is 7.16. The number of amides is 1. The Balaban J connectivity index is 1.51. The molecule has 0 bridgehead atoms. The zero-order valence-electron chi connectivity index (χ0n) is 19.1. The Bertz CT molecular complexity index is 1290. The maximum Gasteiger partial charge on any atom is 0.316 e. The number of anilines is 1. The number of carbonyl (C=O) groups excluding carboxylic acids is 1. The third-order valence-corrected chi connectivity index (χ3v) is 4.90. The number of aromatic amines is 1. The van der Waals surface area contributed by atoms with Gasteiger partial charge in [-0.1, -0.05) is 0 Å². The van der Waals surface area contributed by atoms with Gasteiger partial charge in [-0.25, -0.2) is 9.97 Å². The van der Waals surface area contributed by atoms with Gasteiger partial charge < -0.3 is 29.2 Å². The molecule has 4 aromatic rings. The predicted octanol–water partition coefficient (Wildman–Crippen LogP) is 3.70. The lowest BCUT2D eigenvalue weighted by Gasteiger charge is -2.12. The maximum atomic E-state index is 12.8. The number of aromatic nitrogens is 4. The standard InChI is InChI=1S/C24H25N5O5/c1-4-33-24-25-8-7-17(28-24)19-11-16-14-26-22(13-18(16)27-19)29-23(30)15-5-6-20(21(12-15)32-3)34-10-9-31-2/h5-8,11-14,27H,4,9-10H2,1-3H3,(H,26,29,30). The van der Waals surface area contributed by atoms with E-state index in [1.807, 2.05) is 13.0 Å². The lowest BCUT2D eigenvalue weighted by atomic mass is 10.2. The van der Waals surface area contributed by atoms with Crippen LogP contribution < -0.4 is 19.5 Å². The van der Waals surface area contributed by atoms with Crippen LogP contribution in [0.15, 0.2) is 48.8 Å². The summed E-state index contributed by atoms with van der Waals surface area (Å²) in [5.41, 5.74) is 2.70. The van der Waals surface area contributed by atoms with Crippen LogP contribution in [-0.2, 0) is 4.74 Å². The van der Waals surface area contributed by atoms with Crippen molar-refractivity contribution in [2.45, 2.75) is 6.92 Å². The van der Waals surface area contributed by atoms with Crippen molar-refractivity contribution < 1.29 is 23.7 Å². The third kappa shape index (κ3) is 5.24. The molecule has 0 radical (unpaired) electrons. The van der Waals surface area contributed by atoms with Gasteiger partial charge in [0.15, 0.2) is 11.5 Å². The van der Waals surface area contributed by atoms with Gasteiger partial charge in [-0.15, -0.1) is 0 Å². The molecule has 0 saturated heterocycles. The average molecular weight is 463 g/mol. The van der Waals surface area contributed by atoms with E-state index in [-0.39, 0.29) is 5.91 Å². The zero-order valence-corrected chi connectivity index (χ0v) is 19.1. The maximum absolute atomic E-state index is 12.8. The number of hydrogen-bond donors (Lipinski definition) is 2. The fourth-order valence-electron chi connectivity index (χ4n) is 3.27. The van der Waals surface area contributed by atoms with Crippen molar-refractivity contribution in [3.8, 4) is 28.9 Å². The van der Waals surface area contributed by atoms with Crippen molar-refractivity contribution in [3.63, 3.8) is 0 Å². The van der Waals surface area contributed by atoms with Crippen LogP contribution in [-0.4, -0.2) is 59.9 Å². The first-order chi connectivity index (χ1) is 16.6. The van der Waals surface area contributed by atoms with Crippen molar-refractivity contribution in [1.29, 1.82) is 0 Å². The molecule has 1 amide bonds. The number of nitrogens with zero attached hydrogens (tertiary/aromatic N) is 3. The molecule has 1 aromatic carbocycles. The molecule has 10 heteroatoms. The van der Waals surface area contributed by atoms with Crippen LogP contribution in [0.4, 0.5) is 5.82 Å². The minimum Gasteiger partial charge on any atom is -0.493 e. The molecule has 176 valence electrons. The summed E-state index contributed by atoms with van der Waals surface area (Å²) in [4.78, 5) is 29.0. The quantitative estimate of drug-likeness (QED) is 0.342. The minimum atomic E-state index is -0.322. The molecule has 3 heterocycles. The minimum absolute atomic E-state index is 0.315. The summed E-state index contributed by atoms with van der Waals surface area (Å²) in [5.74, 6) is 1.07. The predicted molar refractivity (Wildman–Crippen MR) is 127 cm³/mol. The number of rotatable bonds is 10. The first-order valence-corrected chi connectivity index (χ1v) is 10.7. The average Bonchev–Trinajstić information content (AvgIpc) is 3.28. The fourth-order valence-corrected chi connectivity index (χ4v) is 3.27. The van der Waals surface area contributed by atoms with E-state index in [1.54, 1.807) is 49.8 Å². The molecule has 0 atom stereocenters. The molecule has 0 aliphatic heterocycles. The lowest BCUT2D eigenvalue weighted by Crippen LogP contribution is -2.13. The number of pyridine rings is 1. The summed E-state index contributed by atoms with van der Waals surface area (Å²) in [6.07, 6.45) is 3.33. The van der Waals surface area contributed by atoms with Crippen LogP contribution in [0.25, 0.3) is 22.3 Å². The van der Waals surface area contributed by atoms with Crippen LogP contribution in [0, 0.1) is 0 Å². The van der Waals surface area contributed by atoms with Crippen molar-refractivity contribution in [1.82, 2.24) is 19.9 Å². The van der Waals surface area contributed by atoms with Crippen LogP contribution in [0.1, 0.15) is 17.3 Å². The molecule has 0 unspecified atom stereocenters. The topological polar surface area (TPSA) is 120 Å². The number of nitrogens with one attached hydrogen (secondary N) is 2. The van der Waals surface area contributed by atoms with E-state index in [2.05, 4.69) is 25.3 Å². The van der Waals surface area contributed by atoms with E-state index < -0.39 is 0 Å². The molecule has 4 rings (SSSR count). The van der Waals surface area contributed by atoms with Gasteiger partial charge >= 0.3 is 6.01 Å². The van der Waals surface area contributed by atoms with Crippen molar-refractivity contribution in [2.24, 2.45) is 0 Å². The molecule has 34 heavy (non-hydrogen) atoms. The van der Waals surface area contributed by atoms with Gasteiger partial charge in [0.1, 0.15) is 12.4 Å². The largest absolute Gasteiger partial charge is 0.493 e. The van der Waals surface area contributed by atoms with Crippen molar-refractivity contribution in [3.05, 3.63) is 54.4 Å². The summed E-state index contributed by atoms with van der Waals surface area (Å²) in [5, 5.41) is 3.69.